The van der Waals surface area contributed by atoms with Crippen LogP contribution in [0, 0.1) is 0 Å². The van der Waals surface area contributed by atoms with Crippen molar-refractivity contribution in [2.75, 3.05) is 25.5 Å². The van der Waals surface area contributed by atoms with Crippen LogP contribution in [0.4, 0.5) is 10.5 Å². The summed E-state index contributed by atoms with van der Waals surface area (Å²) in [5, 5.41) is 11.6. The predicted molar refractivity (Wildman–Crippen MR) is 106 cm³/mol. The molecule has 0 bridgehead atoms. The summed E-state index contributed by atoms with van der Waals surface area (Å²) in [5.74, 6) is 2.62. The number of para-hydroxylation sites is 2. The average molecular weight is 384 g/mol. The van der Waals surface area contributed by atoms with Crippen LogP contribution in [0.1, 0.15) is 68.6 Å². The first-order valence-corrected chi connectivity index (χ1v) is 10.3. The second-order valence-electron chi connectivity index (χ2n) is 7.73. The third kappa shape index (κ3) is 4.13. The quantitative estimate of drug-likeness (QED) is 0.837. The van der Waals surface area contributed by atoms with Crippen LogP contribution in [0.2, 0.25) is 0 Å². The molecule has 2 aromatic rings. The summed E-state index contributed by atoms with van der Waals surface area (Å²) in [4.78, 5) is 14.6. The molecule has 4 rings (SSSR count). The maximum absolute atomic E-state index is 12.8. The van der Waals surface area contributed by atoms with E-state index in [0.717, 1.165) is 38.1 Å². The van der Waals surface area contributed by atoms with E-state index in [1.54, 1.807) is 7.11 Å². The van der Waals surface area contributed by atoms with Gasteiger partial charge in [0.05, 0.1) is 18.7 Å². The Bertz CT molecular complexity index is 800. The van der Waals surface area contributed by atoms with Crippen molar-refractivity contribution in [3.63, 3.8) is 0 Å². The van der Waals surface area contributed by atoms with Crippen LogP contribution in [-0.2, 0) is 0 Å². The Labute approximate surface area is 165 Å². The van der Waals surface area contributed by atoms with Gasteiger partial charge >= 0.3 is 6.03 Å². The number of nitrogens with one attached hydrogen (secondary N) is 1. The highest BCUT2D eigenvalue weighted by atomic mass is 16.5. The standard InChI is InChI=1S/C21H28N4O3/c1-27-18-12-6-5-11-17(18)22-21(26)25-13-7-10-16(14-25)20-24-23-19(28-20)15-8-3-2-4-9-15/h5-6,11-12,15-16H,2-4,7-10,13-14H2,1H3,(H,22,26). The largest absolute Gasteiger partial charge is 0.495 e. The lowest BCUT2D eigenvalue weighted by Crippen LogP contribution is -2.41. The van der Waals surface area contributed by atoms with Crippen molar-refractivity contribution in [2.24, 2.45) is 0 Å². The van der Waals surface area contributed by atoms with Gasteiger partial charge in [-0.25, -0.2) is 4.79 Å². The van der Waals surface area contributed by atoms with Crippen molar-refractivity contribution in [2.45, 2.75) is 56.8 Å². The minimum absolute atomic E-state index is 0.0991. The molecule has 7 nitrogen and oxygen atoms in total. The summed E-state index contributed by atoms with van der Waals surface area (Å²) < 4.78 is 11.4. The second-order valence-corrected chi connectivity index (χ2v) is 7.73. The molecule has 1 aromatic carbocycles. The number of ether oxygens (including phenoxy) is 1. The molecule has 1 N–H and O–H groups in total. The van der Waals surface area contributed by atoms with Gasteiger partial charge in [0.2, 0.25) is 11.8 Å². The first-order chi connectivity index (χ1) is 13.7. The Morgan fingerprint density at radius 2 is 1.79 bits per heavy atom. The molecule has 2 amide bonds. The normalized spacial score (nSPS) is 20.8. The van der Waals surface area contributed by atoms with Crippen molar-refractivity contribution in [3.05, 3.63) is 36.0 Å². The van der Waals surface area contributed by atoms with Gasteiger partial charge in [0, 0.05) is 19.0 Å². The van der Waals surface area contributed by atoms with Crippen molar-refractivity contribution < 1.29 is 13.9 Å². The van der Waals surface area contributed by atoms with Crippen LogP contribution in [0.3, 0.4) is 0 Å². The summed E-state index contributed by atoms with van der Waals surface area (Å²) in [7, 11) is 1.60. The second kappa shape index (κ2) is 8.63. The van der Waals surface area contributed by atoms with E-state index in [2.05, 4.69) is 15.5 Å². The predicted octanol–water partition coefficient (Wildman–Crippen LogP) is 4.54. The van der Waals surface area contributed by atoms with Crippen molar-refractivity contribution in [3.8, 4) is 5.75 Å². The smallest absolute Gasteiger partial charge is 0.321 e. The maximum atomic E-state index is 12.8. The Kier molecular flexibility index (Phi) is 5.78. The highest BCUT2D eigenvalue weighted by molar-refractivity contribution is 5.91. The first kappa shape index (κ1) is 18.8. The number of hydrogen-bond donors (Lipinski definition) is 1. The van der Waals surface area contributed by atoms with E-state index >= 15 is 0 Å². The molecular weight excluding hydrogens is 356 g/mol. The fraction of sp³-hybridized carbons (Fsp3) is 0.571. The lowest BCUT2D eigenvalue weighted by Gasteiger charge is -2.31. The summed E-state index contributed by atoms with van der Waals surface area (Å²) in [6.07, 6.45) is 7.94. The third-order valence-electron chi connectivity index (χ3n) is 5.82. The minimum Gasteiger partial charge on any atom is -0.495 e. The zero-order valence-corrected chi connectivity index (χ0v) is 16.4. The van der Waals surface area contributed by atoms with Crippen molar-refractivity contribution in [1.82, 2.24) is 15.1 Å². The number of anilines is 1. The molecule has 2 heterocycles. The number of benzene rings is 1. The topological polar surface area (TPSA) is 80.5 Å². The summed E-state index contributed by atoms with van der Waals surface area (Å²) >= 11 is 0. The molecule has 1 saturated heterocycles. The van der Waals surface area contributed by atoms with E-state index in [1.807, 2.05) is 29.2 Å². The number of methoxy groups -OCH3 is 1. The van der Waals surface area contributed by atoms with E-state index in [4.69, 9.17) is 9.15 Å². The van der Waals surface area contributed by atoms with E-state index in [-0.39, 0.29) is 11.9 Å². The van der Waals surface area contributed by atoms with Gasteiger partial charge in [0.25, 0.3) is 0 Å². The molecular formula is C21H28N4O3. The molecule has 1 aliphatic carbocycles. The number of aromatic nitrogens is 2. The number of urea groups is 1. The van der Waals surface area contributed by atoms with Gasteiger partial charge in [0.1, 0.15) is 5.75 Å². The number of rotatable bonds is 4. The molecule has 150 valence electrons. The molecule has 1 unspecified atom stereocenters. The number of carbonyl (C=O) groups is 1. The van der Waals surface area contributed by atoms with Crippen LogP contribution in [0.25, 0.3) is 0 Å². The Morgan fingerprint density at radius 3 is 2.57 bits per heavy atom. The van der Waals surface area contributed by atoms with Crippen LogP contribution in [-0.4, -0.2) is 41.3 Å². The monoisotopic (exact) mass is 384 g/mol. The number of carbonyl (C=O) groups excluding carboxylic acids is 1. The van der Waals surface area contributed by atoms with Gasteiger partial charge in [-0.05, 0) is 37.8 Å². The Balaban J connectivity index is 1.40. The molecule has 0 radical (unpaired) electrons. The number of piperidine rings is 1. The van der Waals surface area contributed by atoms with Crippen LogP contribution >= 0.6 is 0 Å². The molecule has 1 aromatic heterocycles. The fourth-order valence-corrected chi connectivity index (χ4v) is 4.23. The van der Waals surface area contributed by atoms with Gasteiger partial charge in [-0.2, -0.15) is 0 Å². The van der Waals surface area contributed by atoms with Gasteiger partial charge in [0.15, 0.2) is 0 Å². The number of nitrogens with zero attached hydrogens (tertiary/aromatic N) is 3. The van der Waals surface area contributed by atoms with Crippen LogP contribution in [0.5, 0.6) is 5.75 Å². The summed E-state index contributed by atoms with van der Waals surface area (Å²) in [6, 6.07) is 7.31. The zero-order valence-electron chi connectivity index (χ0n) is 16.4. The number of hydrogen-bond acceptors (Lipinski definition) is 5. The van der Waals surface area contributed by atoms with Gasteiger partial charge in [-0.15, -0.1) is 10.2 Å². The van der Waals surface area contributed by atoms with Crippen LogP contribution < -0.4 is 10.1 Å². The molecule has 2 aliphatic rings. The lowest BCUT2D eigenvalue weighted by molar-refractivity contribution is 0.185. The lowest BCUT2D eigenvalue weighted by atomic mass is 9.89. The highest BCUT2D eigenvalue weighted by Crippen LogP contribution is 2.34. The Morgan fingerprint density at radius 1 is 1.07 bits per heavy atom. The fourth-order valence-electron chi connectivity index (χ4n) is 4.23. The number of amides is 2. The molecule has 7 heteroatoms. The zero-order chi connectivity index (χ0) is 19.3. The highest BCUT2D eigenvalue weighted by Gasteiger charge is 2.30. The van der Waals surface area contributed by atoms with Crippen molar-refractivity contribution in [1.29, 1.82) is 0 Å². The minimum atomic E-state index is -0.124. The molecule has 28 heavy (non-hydrogen) atoms. The van der Waals surface area contributed by atoms with Gasteiger partial charge in [-0.3, -0.25) is 0 Å². The van der Waals surface area contributed by atoms with E-state index in [0.29, 0.717) is 29.8 Å². The Hall–Kier alpha value is -2.57. The first-order valence-electron chi connectivity index (χ1n) is 10.3. The van der Waals surface area contributed by atoms with Crippen LogP contribution in [0.15, 0.2) is 28.7 Å². The molecule has 1 atom stereocenters. The summed E-state index contributed by atoms with van der Waals surface area (Å²) in [5.41, 5.74) is 0.675. The maximum Gasteiger partial charge on any atom is 0.321 e. The molecule has 1 aliphatic heterocycles. The van der Waals surface area contributed by atoms with E-state index in [1.165, 1.54) is 19.3 Å². The summed E-state index contributed by atoms with van der Waals surface area (Å²) in [6.45, 7) is 1.31. The molecule has 2 fully saturated rings. The molecule has 0 spiro atoms. The van der Waals surface area contributed by atoms with E-state index < -0.39 is 0 Å². The molecule has 1 saturated carbocycles. The SMILES string of the molecule is COc1ccccc1NC(=O)N1CCCC(c2nnc(C3CCCCC3)o2)C1. The van der Waals surface area contributed by atoms with Gasteiger partial charge in [-0.1, -0.05) is 31.4 Å². The van der Waals surface area contributed by atoms with Gasteiger partial charge < -0.3 is 19.4 Å². The van der Waals surface area contributed by atoms with E-state index in [9.17, 15) is 4.79 Å². The number of likely N-dealkylation sites (tertiary alicyclic amines) is 1. The third-order valence-corrected chi connectivity index (χ3v) is 5.82. The average Bonchev–Trinajstić information content (AvgIpc) is 3.25. The van der Waals surface area contributed by atoms with Crippen molar-refractivity contribution >= 4 is 11.7 Å².